The van der Waals surface area contributed by atoms with E-state index in [2.05, 4.69) is 4.74 Å². The Bertz CT molecular complexity index is 522. The summed E-state index contributed by atoms with van der Waals surface area (Å²) in [6.07, 6.45) is 0.691. The van der Waals surface area contributed by atoms with Gasteiger partial charge in [-0.25, -0.2) is 0 Å². The summed E-state index contributed by atoms with van der Waals surface area (Å²) in [5.74, 6) is -0.335. The first-order valence-corrected chi connectivity index (χ1v) is 8.13. The molecule has 1 fully saturated rings. The van der Waals surface area contributed by atoms with E-state index in [1.807, 2.05) is 17.5 Å². The Kier molecular flexibility index (Phi) is 5.94. The van der Waals surface area contributed by atoms with Crippen LogP contribution < -0.4 is 0 Å². The van der Waals surface area contributed by atoms with Crippen LogP contribution in [0.4, 0.5) is 0 Å². The molecule has 0 unspecified atom stereocenters. The molecule has 0 atom stereocenters. The highest BCUT2D eigenvalue weighted by atomic mass is 32.1. The minimum atomic E-state index is -0.377. The molecule has 0 bridgehead atoms. The van der Waals surface area contributed by atoms with Gasteiger partial charge in [0.15, 0.2) is 0 Å². The average Bonchev–Trinajstić information content (AvgIpc) is 3.05. The number of hydrogen-bond acceptors (Lipinski definition) is 5. The highest BCUT2D eigenvalue weighted by Gasteiger charge is 2.24. The van der Waals surface area contributed by atoms with Crippen LogP contribution >= 0.6 is 11.3 Å². The third-order valence-corrected chi connectivity index (χ3v) is 4.54. The van der Waals surface area contributed by atoms with Gasteiger partial charge >= 0.3 is 5.97 Å². The number of piperazine rings is 1. The van der Waals surface area contributed by atoms with E-state index in [1.54, 1.807) is 21.1 Å². The smallest absolute Gasteiger partial charge is 0.306 e. The summed E-state index contributed by atoms with van der Waals surface area (Å²) in [6, 6.07) is 3.89. The monoisotopic (exact) mass is 324 g/mol. The van der Waals surface area contributed by atoms with Crippen LogP contribution in [-0.4, -0.2) is 60.9 Å². The number of ether oxygens (including phenoxy) is 1. The molecule has 6 nitrogen and oxygen atoms in total. The zero-order valence-corrected chi connectivity index (χ0v) is 13.4. The quantitative estimate of drug-likeness (QED) is 0.755. The van der Waals surface area contributed by atoms with Crippen LogP contribution in [0.1, 0.15) is 17.7 Å². The Hall–Kier alpha value is -1.89. The average molecular weight is 324 g/mol. The van der Waals surface area contributed by atoms with E-state index in [0.717, 1.165) is 4.88 Å². The van der Waals surface area contributed by atoms with Gasteiger partial charge < -0.3 is 14.5 Å². The van der Waals surface area contributed by atoms with E-state index in [4.69, 9.17) is 0 Å². The van der Waals surface area contributed by atoms with Crippen molar-refractivity contribution in [1.82, 2.24) is 9.80 Å². The van der Waals surface area contributed by atoms with Crippen molar-refractivity contribution in [2.24, 2.45) is 0 Å². The highest BCUT2D eigenvalue weighted by molar-refractivity contribution is 7.10. The van der Waals surface area contributed by atoms with Crippen molar-refractivity contribution in [3.63, 3.8) is 0 Å². The van der Waals surface area contributed by atoms with Crippen LogP contribution in [0.15, 0.2) is 17.5 Å². The SMILES string of the molecule is COC(=O)CCC(=O)N1CCN(C(=O)Cc2cccs2)CC1. The maximum absolute atomic E-state index is 12.2. The number of nitrogens with zero attached hydrogens (tertiary/aromatic N) is 2. The molecule has 0 radical (unpaired) electrons. The first-order chi connectivity index (χ1) is 10.6. The van der Waals surface area contributed by atoms with E-state index >= 15 is 0 Å². The van der Waals surface area contributed by atoms with Gasteiger partial charge in [-0.1, -0.05) is 6.07 Å². The number of esters is 1. The summed E-state index contributed by atoms with van der Waals surface area (Å²) < 4.78 is 4.52. The lowest BCUT2D eigenvalue weighted by Gasteiger charge is -2.34. The van der Waals surface area contributed by atoms with Gasteiger partial charge in [-0.2, -0.15) is 0 Å². The molecule has 2 amide bonds. The molecule has 0 N–H and O–H groups in total. The largest absolute Gasteiger partial charge is 0.469 e. The predicted molar refractivity (Wildman–Crippen MR) is 82.4 cm³/mol. The molecule has 120 valence electrons. The first-order valence-electron chi connectivity index (χ1n) is 7.25. The zero-order valence-electron chi connectivity index (χ0n) is 12.6. The van der Waals surface area contributed by atoms with Crippen LogP contribution in [0.5, 0.6) is 0 Å². The number of rotatable bonds is 5. The van der Waals surface area contributed by atoms with Gasteiger partial charge in [-0.15, -0.1) is 11.3 Å². The summed E-state index contributed by atoms with van der Waals surface area (Å²) in [7, 11) is 1.31. The number of carbonyl (C=O) groups is 3. The van der Waals surface area contributed by atoms with Crippen LogP contribution in [-0.2, 0) is 25.5 Å². The van der Waals surface area contributed by atoms with Crippen LogP contribution in [0.2, 0.25) is 0 Å². The van der Waals surface area contributed by atoms with Gasteiger partial charge in [0.25, 0.3) is 0 Å². The van der Waals surface area contributed by atoms with Crippen LogP contribution in [0, 0.1) is 0 Å². The molecule has 1 aliphatic heterocycles. The summed E-state index contributed by atoms with van der Waals surface area (Å²) in [5, 5.41) is 1.96. The summed E-state index contributed by atoms with van der Waals surface area (Å²) in [5.41, 5.74) is 0. The fourth-order valence-electron chi connectivity index (χ4n) is 2.35. The van der Waals surface area contributed by atoms with Gasteiger partial charge in [0.2, 0.25) is 11.8 Å². The van der Waals surface area contributed by atoms with Gasteiger partial charge in [0.1, 0.15) is 0 Å². The third-order valence-electron chi connectivity index (χ3n) is 3.66. The Balaban J connectivity index is 1.74. The fraction of sp³-hybridized carbons (Fsp3) is 0.533. The van der Waals surface area contributed by atoms with E-state index in [-0.39, 0.29) is 30.6 Å². The third kappa shape index (κ3) is 4.56. The molecule has 0 saturated carbocycles. The molecule has 22 heavy (non-hydrogen) atoms. The number of carbonyl (C=O) groups excluding carboxylic acids is 3. The minimum Gasteiger partial charge on any atom is -0.469 e. The summed E-state index contributed by atoms with van der Waals surface area (Å²) >= 11 is 1.58. The molecule has 1 aliphatic rings. The number of methoxy groups -OCH3 is 1. The van der Waals surface area contributed by atoms with Crippen molar-refractivity contribution in [2.75, 3.05) is 33.3 Å². The molecule has 1 aromatic heterocycles. The van der Waals surface area contributed by atoms with Crippen molar-refractivity contribution in [1.29, 1.82) is 0 Å². The van der Waals surface area contributed by atoms with E-state index in [9.17, 15) is 14.4 Å². The van der Waals surface area contributed by atoms with Crippen molar-refractivity contribution < 1.29 is 19.1 Å². The van der Waals surface area contributed by atoms with E-state index < -0.39 is 0 Å². The van der Waals surface area contributed by atoms with Crippen molar-refractivity contribution in [2.45, 2.75) is 19.3 Å². The zero-order chi connectivity index (χ0) is 15.9. The molecule has 2 heterocycles. The van der Waals surface area contributed by atoms with Gasteiger partial charge in [-0.05, 0) is 11.4 Å². The number of amides is 2. The van der Waals surface area contributed by atoms with E-state index in [0.29, 0.717) is 32.6 Å². The highest BCUT2D eigenvalue weighted by Crippen LogP contribution is 2.12. The molecular formula is C15H20N2O4S. The lowest BCUT2D eigenvalue weighted by Crippen LogP contribution is -2.51. The number of thiophene rings is 1. The molecular weight excluding hydrogens is 304 g/mol. The Labute approximate surface area is 133 Å². The predicted octanol–water partition coefficient (Wildman–Crippen LogP) is 0.915. The standard InChI is InChI=1S/C15H20N2O4S/c1-21-15(20)5-4-13(18)16-6-8-17(9-7-16)14(19)11-12-3-2-10-22-12/h2-3,10H,4-9,11H2,1H3. The first kappa shape index (κ1) is 16.5. The molecule has 7 heteroatoms. The van der Waals surface area contributed by atoms with Gasteiger partial charge in [0, 0.05) is 37.5 Å². The molecule has 0 spiro atoms. The van der Waals surface area contributed by atoms with Crippen molar-refractivity contribution in [3.8, 4) is 0 Å². The van der Waals surface area contributed by atoms with E-state index in [1.165, 1.54) is 7.11 Å². The maximum atomic E-state index is 12.2. The second kappa shape index (κ2) is 7.93. The fourth-order valence-corrected chi connectivity index (χ4v) is 3.04. The van der Waals surface area contributed by atoms with Gasteiger partial charge in [-0.3, -0.25) is 14.4 Å². The van der Waals surface area contributed by atoms with Crippen LogP contribution in [0.25, 0.3) is 0 Å². The topological polar surface area (TPSA) is 66.9 Å². The Morgan fingerprint density at radius 1 is 1.09 bits per heavy atom. The minimum absolute atomic E-state index is 0.0595. The van der Waals surface area contributed by atoms with Gasteiger partial charge in [0.05, 0.1) is 20.0 Å². The van der Waals surface area contributed by atoms with Crippen LogP contribution in [0.3, 0.4) is 0 Å². The lowest BCUT2D eigenvalue weighted by molar-refractivity contribution is -0.144. The summed E-state index contributed by atoms with van der Waals surface area (Å²) in [6.45, 7) is 2.15. The molecule has 0 aromatic carbocycles. The molecule has 1 saturated heterocycles. The van der Waals surface area contributed by atoms with Crippen molar-refractivity contribution >= 4 is 29.1 Å². The second-order valence-electron chi connectivity index (χ2n) is 5.09. The number of hydrogen-bond donors (Lipinski definition) is 0. The van der Waals surface area contributed by atoms with Crippen molar-refractivity contribution in [3.05, 3.63) is 22.4 Å². The maximum Gasteiger partial charge on any atom is 0.306 e. The molecule has 2 rings (SSSR count). The Morgan fingerprint density at radius 3 is 2.27 bits per heavy atom. The Morgan fingerprint density at radius 2 is 1.73 bits per heavy atom. The molecule has 0 aliphatic carbocycles. The summed E-state index contributed by atoms with van der Waals surface area (Å²) in [4.78, 5) is 39.7. The molecule has 1 aromatic rings. The normalized spacial score (nSPS) is 14.8. The lowest BCUT2D eigenvalue weighted by atomic mass is 10.2. The second-order valence-corrected chi connectivity index (χ2v) is 6.13.